The highest BCUT2D eigenvalue weighted by atomic mass is 19.1. The van der Waals surface area contributed by atoms with Crippen LogP contribution in [0.3, 0.4) is 0 Å². The number of fused-ring (bicyclic) bond motifs is 1. The van der Waals surface area contributed by atoms with Crippen molar-refractivity contribution >= 4 is 17.8 Å². The lowest BCUT2D eigenvalue weighted by Gasteiger charge is -2.27. The Labute approximate surface area is 126 Å². The molecule has 1 aromatic rings. The first-order valence-electron chi connectivity index (χ1n) is 6.86. The van der Waals surface area contributed by atoms with E-state index < -0.39 is 5.82 Å². The maximum atomic E-state index is 13.8. The van der Waals surface area contributed by atoms with Crippen LogP contribution in [0.2, 0.25) is 0 Å². The van der Waals surface area contributed by atoms with Crippen molar-refractivity contribution in [2.75, 3.05) is 32.1 Å². The van der Waals surface area contributed by atoms with Crippen molar-refractivity contribution < 1.29 is 13.9 Å². The third kappa shape index (κ3) is 2.13. The fourth-order valence-corrected chi connectivity index (χ4v) is 2.74. The first-order chi connectivity index (χ1) is 10.4. The molecule has 0 unspecified atom stereocenters. The van der Waals surface area contributed by atoms with Gasteiger partial charge < -0.3 is 15.4 Å². The number of guanidine groups is 1. The Morgan fingerprint density at radius 3 is 2.77 bits per heavy atom. The number of carbonyl (C=O) groups excluding carboxylic acids is 1. The Morgan fingerprint density at radius 2 is 2.09 bits per heavy atom. The van der Waals surface area contributed by atoms with Gasteiger partial charge in [-0.3, -0.25) is 9.69 Å². The third-order valence-corrected chi connectivity index (χ3v) is 4.03. The highest BCUT2D eigenvalue weighted by Gasteiger charge is 2.43. The van der Waals surface area contributed by atoms with Gasteiger partial charge in [-0.1, -0.05) is 0 Å². The van der Waals surface area contributed by atoms with Crippen LogP contribution in [0.4, 0.5) is 10.3 Å². The predicted octanol–water partition coefficient (Wildman–Crippen LogP) is -0.476. The Hall–Kier alpha value is -2.45. The van der Waals surface area contributed by atoms with Gasteiger partial charge in [0.25, 0.3) is 5.88 Å². The molecule has 1 aromatic heterocycles. The van der Waals surface area contributed by atoms with Crippen LogP contribution in [0.25, 0.3) is 0 Å². The highest BCUT2D eigenvalue weighted by molar-refractivity contribution is 6.00. The number of aliphatic imine (C=N–C) groups is 1. The van der Waals surface area contributed by atoms with E-state index in [2.05, 4.69) is 15.0 Å². The van der Waals surface area contributed by atoms with Gasteiger partial charge in [-0.2, -0.15) is 9.37 Å². The summed E-state index contributed by atoms with van der Waals surface area (Å²) in [7, 11) is 2.95. The topological polar surface area (TPSA) is 96.9 Å². The second kappa shape index (κ2) is 5.08. The quantitative estimate of drug-likeness (QED) is 0.793. The van der Waals surface area contributed by atoms with Gasteiger partial charge in [-0.25, -0.2) is 9.98 Å². The van der Waals surface area contributed by atoms with Gasteiger partial charge in [0.15, 0.2) is 5.96 Å². The molecule has 9 heteroatoms. The molecular weight excluding hydrogens is 291 g/mol. The summed E-state index contributed by atoms with van der Waals surface area (Å²) in [5.41, 5.74) is 5.93. The van der Waals surface area contributed by atoms with Crippen molar-refractivity contribution in [2.45, 2.75) is 13.0 Å². The standard InChI is InChI=1S/C13H17FN6O2/c1-6-9(14)10(22-3)18-13(16-6)20-4-7-8(5-20)17-12(15)19(2)11(7)21/h7-8H,4-5H2,1-3H3,(H2,15,17)/t7-,8+/m1/s1. The van der Waals surface area contributed by atoms with Crippen molar-refractivity contribution in [1.29, 1.82) is 0 Å². The number of halogens is 1. The number of nitrogens with two attached hydrogens (primary N) is 1. The molecule has 2 aliphatic rings. The molecular formula is C13H17FN6O2. The molecule has 1 amide bonds. The van der Waals surface area contributed by atoms with E-state index in [1.165, 1.54) is 12.0 Å². The normalized spacial score (nSPS) is 24.4. The summed E-state index contributed by atoms with van der Waals surface area (Å²) in [5, 5.41) is 0. The number of nitrogens with zero attached hydrogens (tertiary/aromatic N) is 5. The van der Waals surface area contributed by atoms with E-state index in [1.807, 2.05) is 0 Å². The average Bonchev–Trinajstić information content (AvgIpc) is 2.91. The molecule has 22 heavy (non-hydrogen) atoms. The van der Waals surface area contributed by atoms with Crippen LogP contribution >= 0.6 is 0 Å². The summed E-state index contributed by atoms with van der Waals surface area (Å²) in [4.78, 5) is 27.9. The Bertz CT molecular complexity index is 664. The van der Waals surface area contributed by atoms with Crippen LogP contribution in [0.15, 0.2) is 4.99 Å². The fraction of sp³-hybridized carbons (Fsp3) is 0.538. The fourth-order valence-electron chi connectivity index (χ4n) is 2.74. The Balaban J connectivity index is 1.91. The minimum Gasteiger partial charge on any atom is -0.479 e. The Kier molecular flexibility index (Phi) is 3.34. The molecule has 8 nitrogen and oxygen atoms in total. The van der Waals surface area contributed by atoms with Gasteiger partial charge in [-0.15, -0.1) is 0 Å². The average molecular weight is 308 g/mol. The molecule has 2 N–H and O–H groups in total. The van der Waals surface area contributed by atoms with Crippen molar-refractivity contribution in [3.63, 3.8) is 0 Å². The first-order valence-corrected chi connectivity index (χ1v) is 6.86. The summed E-state index contributed by atoms with van der Waals surface area (Å²) in [6.07, 6.45) is 0. The molecule has 1 fully saturated rings. The summed E-state index contributed by atoms with van der Waals surface area (Å²) < 4.78 is 18.7. The van der Waals surface area contributed by atoms with E-state index in [0.29, 0.717) is 19.0 Å². The largest absolute Gasteiger partial charge is 0.479 e. The molecule has 2 atom stereocenters. The molecule has 0 bridgehead atoms. The smallest absolute Gasteiger partial charge is 0.255 e. The third-order valence-electron chi connectivity index (χ3n) is 4.03. The van der Waals surface area contributed by atoms with Gasteiger partial charge >= 0.3 is 0 Å². The Morgan fingerprint density at radius 1 is 1.36 bits per heavy atom. The van der Waals surface area contributed by atoms with E-state index in [9.17, 15) is 9.18 Å². The highest BCUT2D eigenvalue weighted by Crippen LogP contribution is 2.29. The number of ether oxygens (including phenoxy) is 1. The molecule has 0 aromatic carbocycles. The number of carbonyl (C=O) groups is 1. The minimum absolute atomic E-state index is 0.0780. The molecule has 118 valence electrons. The summed E-state index contributed by atoms with van der Waals surface area (Å²) in [6, 6.07) is -0.233. The van der Waals surface area contributed by atoms with Gasteiger partial charge in [0, 0.05) is 20.1 Å². The van der Waals surface area contributed by atoms with Crippen LogP contribution in [-0.2, 0) is 4.79 Å². The second-order valence-corrected chi connectivity index (χ2v) is 5.40. The van der Waals surface area contributed by atoms with Gasteiger partial charge in [0.1, 0.15) is 0 Å². The van der Waals surface area contributed by atoms with Crippen molar-refractivity contribution in [3.05, 3.63) is 11.5 Å². The van der Waals surface area contributed by atoms with Crippen molar-refractivity contribution in [3.8, 4) is 5.88 Å². The zero-order valence-corrected chi connectivity index (χ0v) is 12.6. The lowest BCUT2D eigenvalue weighted by molar-refractivity contribution is -0.131. The monoisotopic (exact) mass is 308 g/mol. The SMILES string of the molecule is COc1nc(N2C[C@@H]3N=C(N)N(C)C(=O)[C@@H]3C2)nc(C)c1F. The number of aromatic nitrogens is 2. The zero-order valence-electron chi connectivity index (χ0n) is 12.6. The van der Waals surface area contributed by atoms with E-state index in [-0.39, 0.29) is 35.4 Å². The zero-order chi connectivity index (χ0) is 16.0. The molecule has 0 radical (unpaired) electrons. The van der Waals surface area contributed by atoms with Gasteiger partial charge in [0.05, 0.1) is 24.8 Å². The van der Waals surface area contributed by atoms with Crippen LogP contribution in [0, 0.1) is 18.7 Å². The number of hydrogen-bond donors (Lipinski definition) is 1. The van der Waals surface area contributed by atoms with Crippen LogP contribution < -0.4 is 15.4 Å². The number of rotatable bonds is 2. The molecule has 0 aliphatic carbocycles. The van der Waals surface area contributed by atoms with Crippen LogP contribution in [0.1, 0.15) is 5.69 Å². The molecule has 0 spiro atoms. The summed E-state index contributed by atoms with van der Waals surface area (Å²) in [5.74, 6) is -0.524. The minimum atomic E-state index is -0.582. The molecule has 3 rings (SSSR count). The van der Waals surface area contributed by atoms with Crippen molar-refractivity contribution in [1.82, 2.24) is 14.9 Å². The van der Waals surface area contributed by atoms with Crippen molar-refractivity contribution in [2.24, 2.45) is 16.6 Å². The van der Waals surface area contributed by atoms with Crippen LogP contribution in [-0.4, -0.2) is 60.0 Å². The van der Waals surface area contributed by atoms with Gasteiger partial charge in [0.2, 0.25) is 17.7 Å². The molecule has 1 saturated heterocycles. The number of amides is 1. The molecule has 3 heterocycles. The van der Waals surface area contributed by atoms with E-state index >= 15 is 0 Å². The number of methoxy groups -OCH3 is 1. The molecule has 2 aliphatic heterocycles. The first kappa shape index (κ1) is 14.5. The summed E-state index contributed by atoms with van der Waals surface area (Å²) in [6.45, 7) is 2.42. The van der Waals surface area contributed by atoms with Gasteiger partial charge in [-0.05, 0) is 6.92 Å². The lowest BCUT2D eigenvalue weighted by Crippen LogP contribution is -2.49. The number of anilines is 1. The maximum Gasteiger partial charge on any atom is 0.255 e. The predicted molar refractivity (Wildman–Crippen MR) is 77.2 cm³/mol. The number of hydrogen-bond acceptors (Lipinski definition) is 7. The van der Waals surface area contributed by atoms with E-state index in [1.54, 1.807) is 18.9 Å². The second-order valence-electron chi connectivity index (χ2n) is 5.40. The molecule has 0 saturated carbocycles. The van der Waals surface area contributed by atoms with Crippen LogP contribution in [0.5, 0.6) is 5.88 Å². The maximum absolute atomic E-state index is 13.8. The summed E-state index contributed by atoms with van der Waals surface area (Å²) >= 11 is 0. The van der Waals surface area contributed by atoms with E-state index in [4.69, 9.17) is 10.5 Å². The van der Waals surface area contributed by atoms with E-state index in [0.717, 1.165) is 0 Å². The lowest BCUT2D eigenvalue weighted by atomic mass is 10.0. The number of aryl methyl sites for hydroxylation is 1.